The van der Waals surface area contributed by atoms with Gasteiger partial charge in [-0.3, -0.25) is 5.43 Å². The third-order valence-electron chi connectivity index (χ3n) is 1.57. The molecule has 1 aliphatic rings. The maximum Gasteiger partial charge on any atom is 0.176 e. The number of sulfone groups is 1. The summed E-state index contributed by atoms with van der Waals surface area (Å²) in [5.41, 5.74) is 2.45. The van der Waals surface area contributed by atoms with Gasteiger partial charge in [-0.25, -0.2) is 8.42 Å². The summed E-state index contributed by atoms with van der Waals surface area (Å²) in [6.45, 7) is 3.53. The van der Waals surface area contributed by atoms with E-state index in [4.69, 9.17) is 0 Å². The van der Waals surface area contributed by atoms with Crippen molar-refractivity contribution in [1.82, 2.24) is 5.43 Å². The smallest absolute Gasteiger partial charge is 0.176 e. The summed E-state index contributed by atoms with van der Waals surface area (Å²) in [7, 11) is -3.08. The molecule has 1 unspecified atom stereocenters. The molecule has 1 rings (SSSR count). The molecule has 6 heteroatoms. The van der Waals surface area contributed by atoms with E-state index in [9.17, 15) is 8.42 Å². The molecular weight excluding hydrogens is 166 g/mol. The SMILES string of the molecule is CC(C)S(=O)(=O)C1CN=NN1. The van der Waals surface area contributed by atoms with Gasteiger partial charge in [0.1, 0.15) is 0 Å². The Morgan fingerprint density at radius 3 is 2.55 bits per heavy atom. The first kappa shape index (κ1) is 8.45. The maximum atomic E-state index is 11.4. The Hall–Kier alpha value is -0.650. The molecule has 5 nitrogen and oxygen atoms in total. The molecule has 11 heavy (non-hydrogen) atoms. The van der Waals surface area contributed by atoms with Gasteiger partial charge in [-0.1, -0.05) is 5.22 Å². The highest BCUT2D eigenvalue weighted by molar-refractivity contribution is 7.92. The predicted octanol–water partition coefficient (Wildman–Crippen LogP) is 0.106. The minimum atomic E-state index is -3.08. The zero-order valence-corrected chi connectivity index (χ0v) is 7.30. The van der Waals surface area contributed by atoms with Gasteiger partial charge < -0.3 is 0 Å². The highest BCUT2D eigenvalue weighted by Crippen LogP contribution is 2.10. The molecule has 0 aromatic carbocycles. The average Bonchev–Trinajstić information content (AvgIpc) is 2.37. The molecule has 0 saturated heterocycles. The van der Waals surface area contributed by atoms with Crippen molar-refractivity contribution in [2.24, 2.45) is 10.3 Å². The van der Waals surface area contributed by atoms with Crippen molar-refractivity contribution >= 4 is 9.84 Å². The van der Waals surface area contributed by atoms with E-state index in [1.165, 1.54) is 0 Å². The first-order valence-corrected chi connectivity index (χ1v) is 5.01. The highest BCUT2D eigenvalue weighted by Gasteiger charge is 2.30. The first-order chi connectivity index (χ1) is 5.05. The second-order valence-electron chi connectivity index (χ2n) is 2.68. The molecule has 0 bridgehead atoms. The van der Waals surface area contributed by atoms with Crippen LogP contribution < -0.4 is 5.43 Å². The molecule has 0 aromatic rings. The van der Waals surface area contributed by atoms with Crippen molar-refractivity contribution in [2.45, 2.75) is 24.5 Å². The number of nitrogens with zero attached hydrogens (tertiary/aromatic N) is 2. The molecule has 1 atom stereocenters. The largest absolute Gasteiger partial charge is 0.272 e. The van der Waals surface area contributed by atoms with Gasteiger partial charge in [-0.15, -0.1) is 0 Å². The topological polar surface area (TPSA) is 70.9 Å². The lowest BCUT2D eigenvalue weighted by atomic mass is 10.6. The van der Waals surface area contributed by atoms with Crippen LogP contribution in [0.5, 0.6) is 0 Å². The Labute approximate surface area is 65.8 Å². The Bertz CT molecular complexity index is 249. The van der Waals surface area contributed by atoms with E-state index in [2.05, 4.69) is 15.8 Å². The Morgan fingerprint density at radius 1 is 1.55 bits per heavy atom. The van der Waals surface area contributed by atoms with Crippen LogP contribution in [-0.2, 0) is 9.84 Å². The molecule has 1 N–H and O–H groups in total. The minimum Gasteiger partial charge on any atom is -0.272 e. The summed E-state index contributed by atoms with van der Waals surface area (Å²) in [6, 6.07) is 0. The third kappa shape index (κ3) is 1.50. The molecule has 1 heterocycles. The standard InChI is InChI=1S/C5H11N3O2S/c1-4(2)11(9,10)5-3-6-8-7-5/h4-5H,3H2,1-2H3,(H,6,7). The Morgan fingerprint density at radius 2 is 2.18 bits per heavy atom. The van der Waals surface area contributed by atoms with Crippen molar-refractivity contribution in [1.29, 1.82) is 0 Å². The molecule has 0 fully saturated rings. The summed E-state index contributed by atoms with van der Waals surface area (Å²) in [5, 5.41) is 5.98. The van der Waals surface area contributed by atoms with E-state index >= 15 is 0 Å². The molecule has 64 valence electrons. The molecule has 0 amide bonds. The van der Waals surface area contributed by atoms with Crippen molar-refractivity contribution in [3.8, 4) is 0 Å². The fourth-order valence-electron chi connectivity index (χ4n) is 0.767. The first-order valence-electron chi connectivity index (χ1n) is 3.40. The van der Waals surface area contributed by atoms with Crippen LogP contribution in [0, 0.1) is 0 Å². The van der Waals surface area contributed by atoms with Gasteiger partial charge in [0.2, 0.25) is 0 Å². The van der Waals surface area contributed by atoms with Crippen LogP contribution in [-0.4, -0.2) is 25.6 Å². The van der Waals surface area contributed by atoms with Gasteiger partial charge in [0.05, 0.1) is 11.8 Å². The summed E-state index contributed by atoms with van der Waals surface area (Å²) >= 11 is 0. The molecular formula is C5H11N3O2S. The molecule has 0 aliphatic carbocycles. The molecule has 0 aromatic heterocycles. The lowest BCUT2D eigenvalue weighted by Crippen LogP contribution is -2.37. The van der Waals surface area contributed by atoms with Crippen molar-refractivity contribution < 1.29 is 8.42 Å². The number of hydrogen-bond donors (Lipinski definition) is 1. The number of nitrogens with one attached hydrogen (secondary N) is 1. The van der Waals surface area contributed by atoms with Crippen LogP contribution >= 0.6 is 0 Å². The van der Waals surface area contributed by atoms with Gasteiger partial charge >= 0.3 is 0 Å². The molecule has 1 aliphatic heterocycles. The normalized spacial score (nSPS) is 24.1. The van der Waals surface area contributed by atoms with Gasteiger partial charge in [0.25, 0.3) is 0 Å². The average molecular weight is 177 g/mol. The molecule has 0 spiro atoms. The van der Waals surface area contributed by atoms with E-state index in [0.717, 1.165) is 0 Å². The van der Waals surface area contributed by atoms with Gasteiger partial charge in [-0.05, 0) is 13.8 Å². The highest BCUT2D eigenvalue weighted by atomic mass is 32.2. The van der Waals surface area contributed by atoms with Crippen LogP contribution in [0.15, 0.2) is 10.3 Å². The number of rotatable bonds is 2. The second kappa shape index (κ2) is 2.77. The van der Waals surface area contributed by atoms with E-state index in [0.29, 0.717) is 0 Å². The van der Waals surface area contributed by atoms with Gasteiger partial charge in [0.15, 0.2) is 15.2 Å². The van der Waals surface area contributed by atoms with Crippen LogP contribution in [0.1, 0.15) is 13.8 Å². The van der Waals surface area contributed by atoms with E-state index < -0.39 is 15.2 Å². The lowest BCUT2D eigenvalue weighted by molar-refractivity contribution is 0.563. The van der Waals surface area contributed by atoms with Crippen LogP contribution in [0.4, 0.5) is 0 Å². The third-order valence-corrected chi connectivity index (χ3v) is 3.94. The zero-order chi connectivity index (χ0) is 8.48. The summed E-state index contributed by atoms with van der Waals surface area (Å²) in [4.78, 5) is 0. The fourth-order valence-corrected chi connectivity index (χ4v) is 1.89. The predicted molar refractivity (Wildman–Crippen MR) is 40.7 cm³/mol. The number of hydrogen-bond acceptors (Lipinski definition) is 5. The second-order valence-corrected chi connectivity index (χ2v) is 5.37. The summed E-state index contributed by atoms with van der Waals surface area (Å²) in [5.74, 6) is 0. The Kier molecular flexibility index (Phi) is 2.12. The van der Waals surface area contributed by atoms with Crippen LogP contribution in [0.2, 0.25) is 0 Å². The minimum absolute atomic E-state index is 0.237. The van der Waals surface area contributed by atoms with Crippen LogP contribution in [0.25, 0.3) is 0 Å². The van der Waals surface area contributed by atoms with Gasteiger partial charge in [-0.2, -0.15) is 5.11 Å². The van der Waals surface area contributed by atoms with E-state index in [1.807, 2.05) is 0 Å². The van der Waals surface area contributed by atoms with Crippen molar-refractivity contribution in [3.63, 3.8) is 0 Å². The van der Waals surface area contributed by atoms with E-state index in [1.54, 1.807) is 13.8 Å². The monoisotopic (exact) mass is 177 g/mol. The Balaban J connectivity index is 2.74. The lowest BCUT2D eigenvalue weighted by Gasteiger charge is -2.12. The quantitative estimate of drug-likeness (QED) is 0.650. The van der Waals surface area contributed by atoms with Crippen LogP contribution in [0.3, 0.4) is 0 Å². The zero-order valence-electron chi connectivity index (χ0n) is 6.48. The molecule has 0 radical (unpaired) electrons. The van der Waals surface area contributed by atoms with E-state index in [-0.39, 0.29) is 11.8 Å². The van der Waals surface area contributed by atoms with Crippen molar-refractivity contribution in [2.75, 3.05) is 6.54 Å². The summed E-state index contributed by atoms with van der Waals surface area (Å²) in [6.07, 6.45) is 0. The fraction of sp³-hybridized carbons (Fsp3) is 1.00. The maximum absolute atomic E-state index is 11.4. The van der Waals surface area contributed by atoms with Crippen molar-refractivity contribution in [3.05, 3.63) is 0 Å². The summed E-state index contributed by atoms with van der Waals surface area (Å²) < 4.78 is 22.7. The molecule has 0 saturated carbocycles. The van der Waals surface area contributed by atoms with Gasteiger partial charge in [0, 0.05) is 0 Å².